The molecule has 0 aliphatic heterocycles. The van der Waals surface area contributed by atoms with Crippen molar-refractivity contribution in [2.24, 2.45) is 0 Å². The molecular weight excluding hydrogens is 429 g/mol. The Morgan fingerprint density at radius 2 is 1.75 bits per heavy atom. The van der Waals surface area contributed by atoms with Crippen LogP contribution >= 0.6 is 11.9 Å². The van der Waals surface area contributed by atoms with E-state index in [4.69, 9.17) is 4.74 Å². The van der Waals surface area contributed by atoms with Gasteiger partial charge in [-0.1, -0.05) is 38.1 Å². The van der Waals surface area contributed by atoms with E-state index >= 15 is 0 Å². The van der Waals surface area contributed by atoms with Crippen molar-refractivity contribution in [1.82, 2.24) is 29.7 Å². The van der Waals surface area contributed by atoms with Crippen LogP contribution in [0, 0.1) is 5.82 Å². The van der Waals surface area contributed by atoms with Crippen molar-refractivity contribution < 1.29 is 9.13 Å². The highest BCUT2D eigenvalue weighted by molar-refractivity contribution is 8.01. The average Bonchev–Trinajstić information content (AvgIpc) is 3.27. The Labute approximate surface area is 189 Å². The number of hydrogen-bond acceptors (Lipinski definition) is 8. The van der Waals surface area contributed by atoms with Gasteiger partial charge in [-0.25, -0.2) is 19.3 Å². The lowest BCUT2D eigenvalue weighted by Crippen LogP contribution is -2.15. The first kappa shape index (κ1) is 21.7. The topological polar surface area (TPSA) is 90.6 Å². The lowest BCUT2D eigenvalue weighted by Gasteiger charge is -2.19. The van der Waals surface area contributed by atoms with E-state index in [1.165, 1.54) is 24.3 Å². The molecule has 8 nitrogen and oxygen atoms in total. The van der Waals surface area contributed by atoms with Crippen molar-refractivity contribution in [3.8, 4) is 23.1 Å². The van der Waals surface area contributed by atoms with Gasteiger partial charge in [0.2, 0.25) is 11.8 Å². The molecule has 2 atom stereocenters. The van der Waals surface area contributed by atoms with Gasteiger partial charge in [-0.15, -0.1) is 10.2 Å². The average molecular weight is 452 g/mol. The fourth-order valence-electron chi connectivity index (χ4n) is 3.01. The van der Waals surface area contributed by atoms with Crippen LogP contribution in [0.5, 0.6) is 5.88 Å². The quantitative estimate of drug-likeness (QED) is 0.391. The van der Waals surface area contributed by atoms with E-state index in [9.17, 15) is 4.39 Å². The number of para-hydroxylation sites is 1. The van der Waals surface area contributed by atoms with Gasteiger partial charge in [0.05, 0.1) is 25.2 Å². The fourth-order valence-corrected chi connectivity index (χ4v) is 3.76. The molecule has 0 aliphatic carbocycles. The summed E-state index contributed by atoms with van der Waals surface area (Å²) in [6.07, 6.45) is 2.37. The fraction of sp³-hybridized carbons (Fsp3) is 0.227. The van der Waals surface area contributed by atoms with Crippen molar-refractivity contribution in [2.45, 2.75) is 25.0 Å². The summed E-state index contributed by atoms with van der Waals surface area (Å²) in [5.41, 5.74) is 1.53. The Morgan fingerprint density at radius 1 is 1.00 bits per heavy atom. The van der Waals surface area contributed by atoms with Crippen LogP contribution in [-0.2, 0) is 0 Å². The molecule has 164 valence electrons. The first-order valence-corrected chi connectivity index (χ1v) is 10.9. The SMILES string of the molecule is COc1cccc(-c2nnc(NSC(C)C(C)c3ncc(F)cn3)n2-c2ccccc2)n1. The van der Waals surface area contributed by atoms with E-state index in [0.717, 1.165) is 5.69 Å². The molecule has 4 rings (SSSR count). The van der Waals surface area contributed by atoms with Crippen molar-refractivity contribution >= 4 is 17.9 Å². The molecule has 0 fully saturated rings. The first-order valence-electron chi connectivity index (χ1n) is 9.98. The summed E-state index contributed by atoms with van der Waals surface area (Å²) in [5.74, 6) is 1.75. The summed E-state index contributed by atoms with van der Waals surface area (Å²) in [5, 5.41) is 8.81. The van der Waals surface area contributed by atoms with E-state index < -0.39 is 5.82 Å². The molecule has 10 heteroatoms. The largest absolute Gasteiger partial charge is 0.481 e. The normalized spacial score (nSPS) is 12.9. The van der Waals surface area contributed by atoms with Crippen molar-refractivity contribution in [3.05, 3.63) is 72.6 Å². The Hall–Kier alpha value is -3.53. The Balaban J connectivity index is 1.61. The molecule has 1 aromatic carbocycles. The van der Waals surface area contributed by atoms with Crippen LogP contribution in [0.3, 0.4) is 0 Å². The van der Waals surface area contributed by atoms with Crippen LogP contribution in [0.1, 0.15) is 25.6 Å². The first-order chi connectivity index (χ1) is 15.6. The molecule has 0 saturated heterocycles. The van der Waals surface area contributed by atoms with Crippen molar-refractivity contribution in [2.75, 3.05) is 11.8 Å². The van der Waals surface area contributed by atoms with Crippen molar-refractivity contribution in [3.63, 3.8) is 0 Å². The maximum atomic E-state index is 13.1. The summed E-state index contributed by atoms with van der Waals surface area (Å²) in [6, 6.07) is 15.3. The third kappa shape index (κ3) is 4.70. The smallest absolute Gasteiger partial charge is 0.239 e. The van der Waals surface area contributed by atoms with E-state index in [-0.39, 0.29) is 11.2 Å². The van der Waals surface area contributed by atoms with Crippen molar-refractivity contribution in [1.29, 1.82) is 0 Å². The minimum absolute atomic E-state index is 0.0132. The third-order valence-electron chi connectivity index (χ3n) is 4.93. The summed E-state index contributed by atoms with van der Waals surface area (Å²) < 4.78 is 23.6. The summed E-state index contributed by atoms with van der Waals surface area (Å²) in [7, 11) is 1.57. The summed E-state index contributed by atoms with van der Waals surface area (Å²) in [6.45, 7) is 4.04. The second-order valence-corrected chi connectivity index (χ2v) is 8.24. The summed E-state index contributed by atoms with van der Waals surface area (Å²) in [4.78, 5) is 12.7. The Morgan fingerprint density at radius 3 is 2.47 bits per heavy atom. The van der Waals surface area contributed by atoms with Crippen LogP contribution in [0.15, 0.2) is 60.9 Å². The molecule has 0 saturated carbocycles. The van der Waals surface area contributed by atoms with Crippen LogP contribution < -0.4 is 9.46 Å². The van der Waals surface area contributed by atoms with E-state index in [1.807, 2.05) is 60.9 Å². The van der Waals surface area contributed by atoms with Gasteiger partial charge in [-0.3, -0.25) is 9.29 Å². The van der Waals surface area contributed by atoms with Gasteiger partial charge in [0.25, 0.3) is 0 Å². The molecule has 2 unspecified atom stereocenters. The van der Waals surface area contributed by atoms with Crippen LogP contribution in [0.2, 0.25) is 0 Å². The van der Waals surface area contributed by atoms with E-state index in [2.05, 4.69) is 29.9 Å². The molecule has 3 aromatic heterocycles. The van der Waals surface area contributed by atoms with Crippen LogP contribution in [-0.4, -0.2) is 42.1 Å². The maximum Gasteiger partial charge on any atom is 0.239 e. The zero-order valence-electron chi connectivity index (χ0n) is 17.8. The predicted octanol–water partition coefficient (Wildman–Crippen LogP) is 4.52. The third-order valence-corrected chi connectivity index (χ3v) is 6.01. The Kier molecular flexibility index (Phi) is 6.60. The van der Waals surface area contributed by atoms with Gasteiger partial charge in [0, 0.05) is 17.2 Å². The lowest BCUT2D eigenvalue weighted by atomic mass is 10.1. The molecule has 0 spiro atoms. The van der Waals surface area contributed by atoms with Gasteiger partial charge in [0.1, 0.15) is 11.5 Å². The number of aromatic nitrogens is 6. The Bertz CT molecular complexity index is 1170. The molecule has 4 aromatic rings. The highest BCUT2D eigenvalue weighted by Gasteiger charge is 2.21. The van der Waals surface area contributed by atoms with Gasteiger partial charge < -0.3 is 4.74 Å². The highest BCUT2D eigenvalue weighted by atomic mass is 32.2. The van der Waals surface area contributed by atoms with Gasteiger partial charge >= 0.3 is 0 Å². The molecule has 0 bridgehead atoms. The van der Waals surface area contributed by atoms with Gasteiger partial charge in [-0.05, 0) is 30.1 Å². The second kappa shape index (κ2) is 9.73. The number of nitrogens with one attached hydrogen (secondary N) is 1. The molecule has 0 amide bonds. The number of halogens is 1. The highest BCUT2D eigenvalue weighted by Crippen LogP contribution is 2.30. The maximum absolute atomic E-state index is 13.1. The number of ether oxygens (including phenoxy) is 1. The minimum Gasteiger partial charge on any atom is -0.481 e. The summed E-state index contributed by atoms with van der Waals surface area (Å²) >= 11 is 1.47. The number of rotatable bonds is 8. The number of methoxy groups -OCH3 is 1. The van der Waals surface area contributed by atoms with Gasteiger partial charge in [-0.2, -0.15) is 0 Å². The van der Waals surface area contributed by atoms with Crippen LogP contribution in [0.4, 0.5) is 10.3 Å². The van der Waals surface area contributed by atoms with Crippen LogP contribution in [0.25, 0.3) is 17.2 Å². The predicted molar refractivity (Wildman–Crippen MR) is 122 cm³/mol. The molecule has 0 radical (unpaired) electrons. The lowest BCUT2D eigenvalue weighted by molar-refractivity contribution is 0.398. The van der Waals surface area contributed by atoms with Gasteiger partial charge in [0.15, 0.2) is 11.6 Å². The zero-order valence-corrected chi connectivity index (χ0v) is 18.6. The standard InChI is InChI=1S/C22H22FN7OS/c1-14(20-24-12-16(23)13-25-20)15(2)32-29-22-28-27-21(18-10-7-11-19(26-18)31-3)30(22)17-8-5-4-6-9-17/h4-15H,1-3H3,(H,28,29). The van der Waals surface area contributed by atoms with E-state index in [1.54, 1.807) is 13.2 Å². The molecular formula is C22H22FN7OS. The monoisotopic (exact) mass is 451 g/mol. The zero-order chi connectivity index (χ0) is 22.5. The van der Waals surface area contributed by atoms with E-state index in [0.29, 0.717) is 29.2 Å². The number of anilines is 1. The minimum atomic E-state index is -0.450. The second-order valence-electron chi connectivity index (χ2n) is 7.06. The number of pyridine rings is 1. The molecule has 0 aliphatic rings. The number of benzene rings is 1. The molecule has 1 N–H and O–H groups in total. The molecule has 3 heterocycles. The number of nitrogens with zero attached hydrogens (tertiary/aromatic N) is 6. The molecule has 32 heavy (non-hydrogen) atoms. The number of hydrogen-bond donors (Lipinski definition) is 1.